The van der Waals surface area contributed by atoms with Crippen molar-refractivity contribution in [2.24, 2.45) is 5.73 Å². The molecule has 1 unspecified atom stereocenters. The molecule has 210 valence electrons. The van der Waals surface area contributed by atoms with E-state index >= 15 is 0 Å². The van der Waals surface area contributed by atoms with Crippen LogP contribution in [0, 0.1) is 5.82 Å². The van der Waals surface area contributed by atoms with Crippen LogP contribution in [0.1, 0.15) is 101 Å². The highest BCUT2D eigenvalue weighted by molar-refractivity contribution is 7.09. The molecule has 0 aliphatic heterocycles. The van der Waals surface area contributed by atoms with Crippen molar-refractivity contribution in [1.82, 2.24) is 9.69 Å². The van der Waals surface area contributed by atoms with E-state index in [-0.39, 0.29) is 28.2 Å². The number of nitrogens with zero attached hydrogens (tertiary/aromatic N) is 2. The molecule has 40 heavy (non-hydrogen) atoms. The predicted molar refractivity (Wildman–Crippen MR) is 154 cm³/mol. The van der Waals surface area contributed by atoms with E-state index in [0.717, 1.165) is 50.1 Å². The molecule has 8 nitrogen and oxygen atoms in total. The quantitative estimate of drug-likeness (QED) is 0.335. The number of primary amides is 1. The van der Waals surface area contributed by atoms with Crippen LogP contribution in [0.25, 0.3) is 0 Å². The number of halogens is 1. The summed E-state index contributed by atoms with van der Waals surface area (Å²) in [5.74, 6) is -1.80. The summed E-state index contributed by atoms with van der Waals surface area (Å²) in [6.45, 7) is 0. The van der Waals surface area contributed by atoms with Gasteiger partial charge in [0.25, 0.3) is 11.8 Å². The Kier molecular flexibility index (Phi) is 8.44. The molecule has 2 aromatic carbocycles. The van der Waals surface area contributed by atoms with Crippen LogP contribution >= 0.6 is 11.5 Å². The number of anilines is 2. The molecule has 10 heteroatoms. The van der Waals surface area contributed by atoms with E-state index in [1.165, 1.54) is 54.0 Å². The molecular weight excluding hydrogens is 529 g/mol. The molecule has 2 aliphatic carbocycles. The molecule has 1 aromatic heterocycles. The minimum atomic E-state index is -1.12. The third-order valence-corrected chi connectivity index (χ3v) is 8.87. The molecule has 0 radical (unpaired) electrons. The molecule has 2 saturated carbocycles. The number of rotatable bonds is 8. The van der Waals surface area contributed by atoms with Gasteiger partial charge in [0.1, 0.15) is 16.7 Å². The highest BCUT2D eigenvalue weighted by Gasteiger charge is 2.37. The number of aromatic nitrogens is 1. The van der Waals surface area contributed by atoms with Crippen LogP contribution < -0.4 is 21.7 Å². The summed E-state index contributed by atoms with van der Waals surface area (Å²) in [6, 6.07) is 12.1. The van der Waals surface area contributed by atoms with Crippen LogP contribution in [0.3, 0.4) is 0 Å². The summed E-state index contributed by atoms with van der Waals surface area (Å²) < 4.78 is 17.9. The second-order valence-corrected chi connectivity index (χ2v) is 11.5. The van der Waals surface area contributed by atoms with Crippen LogP contribution in [0.5, 0.6) is 0 Å². The molecule has 0 saturated heterocycles. The molecule has 2 fully saturated rings. The van der Waals surface area contributed by atoms with Crippen molar-refractivity contribution in [3.8, 4) is 0 Å². The van der Waals surface area contributed by atoms with Gasteiger partial charge in [-0.15, -0.1) is 0 Å². The second-order valence-electron chi connectivity index (χ2n) is 10.7. The summed E-state index contributed by atoms with van der Waals surface area (Å²) in [5, 5.41) is 3.11. The number of benzene rings is 2. The van der Waals surface area contributed by atoms with Crippen molar-refractivity contribution in [2.45, 2.75) is 75.8 Å². The number of nitrogens with two attached hydrogens (primary N) is 2. The fourth-order valence-electron chi connectivity index (χ4n) is 5.88. The first kappa shape index (κ1) is 27.8. The molecule has 1 atom stereocenters. The van der Waals surface area contributed by atoms with Gasteiger partial charge in [-0.2, -0.15) is 4.37 Å². The number of nitrogens with one attached hydrogen (secondary N) is 1. The van der Waals surface area contributed by atoms with E-state index in [9.17, 15) is 18.8 Å². The van der Waals surface area contributed by atoms with Crippen LogP contribution in [-0.2, 0) is 4.79 Å². The number of carbonyl (C=O) groups excluding carboxylic acids is 3. The maximum Gasteiger partial charge on any atom is 0.273 e. The molecule has 2 aliphatic rings. The SMILES string of the molecule is NC(=O)c1nsc(C(=O)N(c2ccc(C3CCCCC3)cc2)C(C(=O)NC2CCCC2)c2ccc(F)cc2)c1N. The molecule has 5 rings (SSSR count). The summed E-state index contributed by atoms with van der Waals surface area (Å²) in [7, 11) is 0. The van der Waals surface area contributed by atoms with Crippen LogP contribution in [0.2, 0.25) is 0 Å². The van der Waals surface area contributed by atoms with E-state index < -0.39 is 23.7 Å². The lowest BCUT2D eigenvalue weighted by atomic mass is 9.84. The second kappa shape index (κ2) is 12.2. The first-order chi connectivity index (χ1) is 19.3. The lowest BCUT2D eigenvalue weighted by Gasteiger charge is -2.32. The van der Waals surface area contributed by atoms with Crippen LogP contribution in [0.15, 0.2) is 48.5 Å². The maximum atomic E-state index is 14.2. The zero-order valence-corrected chi connectivity index (χ0v) is 23.1. The van der Waals surface area contributed by atoms with Gasteiger partial charge in [-0.3, -0.25) is 19.3 Å². The number of hydrogen-bond donors (Lipinski definition) is 3. The highest BCUT2D eigenvalue weighted by Crippen LogP contribution is 2.37. The summed E-state index contributed by atoms with van der Waals surface area (Å²) in [4.78, 5) is 41.4. The van der Waals surface area contributed by atoms with E-state index in [1.807, 2.05) is 24.3 Å². The Morgan fingerprint density at radius 3 is 2.15 bits per heavy atom. The first-order valence-corrected chi connectivity index (χ1v) is 14.6. The van der Waals surface area contributed by atoms with Crippen molar-refractivity contribution in [1.29, 1.82) is 0 Å². The van der Waals surface area contributed by atoms with Crippen LogP contribution in [-0.4, -0.2) is 28.1 Å². The van der Waals surface area contributed by atoms with E-state index in [4.69, 9.17) is 11.5 Å². The van der Waals surface area contributed by atoms with E-state index in [0.29, 0.717) is 17.2 Å². The van der Waals surface area contributed by atoms with Crippen molar-refractivity contribution >= 4 is 40.6 Å². The maximum absolute atomic E-state index is 14.2. The average Bonchev–Trinajstić information content (AvgIpc) is 3.62. The fraction of sp³-hybridized carbons (Fsp3) is 0.400. The van der Waals surface area contributed by atoms with Gasteiger partial charge in [-0.1, -0.05) is 56.4 Å². The Labute approximate surface area is 237 Å². The van der Waals surface area contributed by atoms with Gasteiger partial charge < -0.3 is 16.8 Å². The van der Waals surface area contributed by atoms with Gasteiger partial charge >= 0.3 is 0 Å². The summed E-state index contributed by atoms with van der Waals surface area (Å²) >= 11 is 0.762. The standard InChI is InChI=1S/C30H34FN5O3S/c31-21-14-10-20(11-15-21)26(29(38)34-22-8-4-5-9-22)36(30(39)27-24(32)25(28(33)37)35-40-27)23-16-12-19(13-17-23)18-6-2-1-3-7-18/h10-18,22,26H,1-9,32H2,(H2,33,37)(H,34,38). The van der Waals surface area contributed by atoms with Gasteiger partial charge in [0.05, 0.1) is 5.69 Å². The number of amides is 3. The van der Waals surface area contributed by atoms with Crippen molar-refractivity contribution in [3.63, 3.8) is 0 Å². The minimum absolute atomic E-state index is 0.00369. The normalized spacial score (nSPS) is 16.9. The first-order valence-electron chi connectivity index (χ1n) is 13.9. The molecular formula is C30H34FN5O3S. The van der Waals surface area contributed by atoms with Gasteiger partial charge in [0, 0.05) is 11.7 Å². The third kappa shape index (κ3) is 5.86. The van der Waals surface area contributed by atoms with Crippen molar-refractivity contribution < 1.29 is 18.8 Å². The molecule has 3 aromatic rings. The largest absolute Gasteiger partial charge is 0.395 e. The Hall–Kier alpha value is -3.79. The minimum Gasteiger partial charge on any atom is -0.395 e. The summed E-state index contributed by atoms with van der Waals surface area (Å²) in [5.41, 5.74) is 13.4. The smallest absolute Gasteiger partial charge is 0.273 e. The lowest BCUT2D eigenvalue weighted by Crippen LogP contribution is -2.46. The van der Waals surface area contributed by atoms with Gasteiger partial charge in [-0.25, -0.2) is 4.39 Å². The van der Waals surface area contributed by atoms with Gasteiger partial charge in [0.2, 0.25) is 5.91 Å². The lowest BCUT2D eigenvalue weighted by molar-refractivity contribution is -0.123. The molecule has 0 bridgehead atoms. The Morgan fingerprint density at radius 1 is 0.925 bits per heavy atom. The molecule has 3 amide bonds. The average molecular weight is 564 g/mol. The predicted octanol–water partition coefficient (Wildman–Crippen LogP) is 5.46. The number of hydrogen-bond acceptors (Lipinski definition) is 6. The zero-order valence-electron chi connectivity index (χ0n) is 22.3. The Morgan fingerprint density at radius 2 is 1.55 bits per heavy atom. The van der Waals surface area contributed by atoms with Gasteiger partial charge in [-0.05, 0) is 78.5 Å². The van der Waals surface area contributed by atoms with Crippen molar-refractivity contribution in [3.05, 3.63) is 76.0 Å². The molecule has 1 heterocycles. The monoisotopic (exact) mass is 563 g/mol. The topological polar surface area (TPSA) is 131 Å². The van der Waals surface area contributed by atoms with Crippen molar-refractivity contribution in [2.75, 3.05) is 10.6 Å². The molecule has 0 spiro atoms. The number of carbonyl (C=O) groups is 3. The Balaban J connectivity index is 1.59. The third-order valence-electron chi connectivity index (χ3n) is 8.02. The van der Waals surface area contributed by atoms with E-state index in [2.05, 4.69) is 9.69 Å². The number of nitrogen functional groups attached to an aromatic ring is 1. The molecule has 5 N–H and O–H groups in total. The Bertz CT molecular complexity index is 1360. The van der Waals surface area contributed by atoms with E-state index in [1.54, 1.807) is 0 Å². The summed E-state index contributed by atoms with van der Waals surface area (Å²) in [6.07, 6.45) is 9.63. The highest BCUT2D eigenvalue weighted by atomic mass is 32.1. The fourth-order valence-corrected chi connectivity index (χ4v) is 6.62. The van der Waals surface area contributed by atoms with Crippen LogP contribution in [0.4, 0.5) is 15.8 Å². The zero-order chi connectivity index (χ0) is 28.2. The van der Waals surface area contributed by atoms with Gasteiger partial charge in [0.15, 0.2) is 5.69 Å².